The summed E-state index contributed by atoms with van der Waals surface area (Å²) in [5.74, 6) is -0.183. The van der Waals surface area contributed by atoms with Crippen LogP contribution in [0.5, 0.6) is 0 Å². The summed E-state index contributed by atoms with van der Waals surface area (Å²) in [6.45, 7) is 4.50. The summed E-state index contributed by atoms with van der Waals surface area (Å²) in [6.07, 6.45) is 26.8. The van der Waals surface area contributed by atoms with Crippen molar-refractivity contribution in [2.75, 3.05) is 0 Å². The van der Waals surface area contributed by atoms with Crippen LogP contribution in [0.3, 0.4) is 0 Å². The van der Waals surface area contributed by atoms with Gasteiger partial charge in [-0.25, -0.2) is 14.8 Å². The predicted molar refractivity (Wildman–Crippen MR) is 148 cm³/mol. The van der Waals surface area contributed by atoms with E-state index in [9.17, 15) is 4.79 Å². The molecule has 2 rings (SSSR count). The molecule has 0 aliphatic carbocycles. The van der Waals surface area contributed by atoms with Gasteiger partial charge in [0.25, 0.3) is 0 Å². The highest BCUT2D eigenvalue weighted by atomic mass is 16.4. The Kier molecular flexibility index (Phi) is 14.7. The molecule has 0 unspecified atom stereocenters. The fraction of sp³-hybridized carbons (Fsp3) is 0.581. The van der Waals surface area contributed by atoms with Crippen LogP contribution in [0.1, 0.15) is 120 Å². The van der Waals surface area contributed by atoms with Gasteiger partial charge in [0.1, 0.15) is 0 Å². The largest absolute Gasteiger partial charge is 0.478 e. The quantitative estimate of drug-likeness (QED) is 0.162. The molecule has 1 heterocycles. The van der Waals surface area contributed by atoms with E-state index in [4.69, 9.17) is 5.11 Å². The number of hydrogen-bond acceptors (Lipinski definition) is 3. The molecule has 192 valence electrons. The minimum Gasteiger partial charge on any atom is -0.478 e. The Morgan fingerprint density at radius 1 is 0.771 bits per heavy atom. The predicted octanol–water partition coefficient (Wildman–Crippen LogP) is 8.83. The molecule has 1 aromatic carbocycles. The van der Waals surface area contributed by atoms with Crippen molar-refractivity contribution in [2.24, 2.45) is 0 Å². The van der Waals surface area contributed by atoms with Gasteiger partial charge < -0.3 is 5.11 Å². The second-order valence-electron chi connectivity index (χ2n) is 9.74. The number of rotatable bonds is 19. The van der Waals surface area contributed by atoms with E-state index in [-0.39, 0.29) is 0 Å². The molecule has 1 aromatic heterocycles. The topological polar surface area (TPSA) is 63.1 Å². The molecule has 0 spiro atoms. The Balaban J connectivity index is 1.92. The van der Waals surface area contributed by atoms with E-state index >= 15 is 0 Å². The molecule has 4 heteroatoms. The number of aliphatic carboxylic acids is 1. The van der Waals surface area contributed by atoms with Crippen LogP contribution in [0.2, 0.25) is 0 Å². The van der Waals surface area contributed by atoms with Crippen molar-refractivity contribution in [1.82, 2.24) is 9.97 Å². The zero-order valence-corrected chi connectivity index (χ0v) is 22.1. The molecule has 2 aromatic rings. The van der Waals surface area contributed by atoms with Gasteiger partial charge in [0.05, 0.1) is 0 Å². The molecule has 0 fully saturated rings. The summed E-state index contributed by atoms with van der Waals surface area (Å²) >= 11 is 0. The van der Waals surface area contributed by atoms with Gasteiger partial charge in [0.15, 0.2) is 5.82 Å². The molecule has 0 aliphatic heterocycles. The molecule has 1 N–H and O–H groups in total. The number of hydrogen-bond donors (Lipinski definition) is 1. The maximum atomic E-state index is 11.0. The third-order valence-corrected chi connectivity index (χ3v) is 6.63. The average molecular weight is 479 g/mol. The van der Waals surface area contributed by atoms with Crippen molar-refractivity contribution < 1.29 is 9.90 Å². The van der Waals surface area contributed by atoms with Gasteiger partial charge in [-0.15, -0.1) is 0 Å². The minimum atomic E-state index is -0.921. The van der Waals surface area contributed by atoms with Gasteiger partial charge in [-0.1, -0.05) is 103 Å². The van der Waals surface area contributed by atoms with Crippen LogP contribution in [0.4, 0.5) is 0 Å². The zero-order valence-electron chi connectivity index (χ0n) is 22.1. The number of carboxylic acids is 1. The maximum Gasteiger partial charge on any atom is 0.328 e. The van der Waals surface area contributed by atoms with Crippen molar-refractivity contribution in [3.8, 4) is 11.4 Å². The second kappa shape index (κ2) is 17.9. The highest BCUT2D eigenvalue weighted by Gasteiger charge is 2.07. The number of carbonyl (C=O) groups is 1. The van der Waals surface area contributed by atoms with Gasteiger partial charge in [-0.3, -0.25) is 0 Å². The number of unbranched alkanes of at least 4 members (excludes halogenated alkanes) is 12. The molecular formula is C31H46N2O2. The summed E-state index contributed by atoms with van der Waals surface area (Å²) in [6, 6.07) is 6.14. The fourth-order valence-corrected chi connectivity index (χ4v) is 4.48. The Morgan fingerprint density at radius 2 is 1.31 bits per heavy atom. The number of carboxylic acid groups (broad SMARTS) is 1. The van der Waals surface area contributed by atoms with Crippen molar-refractivity contribution >= 4 is 12.0 Å². The van der Waals surface area contributed by atoms with Crippen molar-refractivity contribution in [2.45, 2.75) is 117 Å². The molecular weight excluding hydrogens is 432 g/mol. The molecule has 0 saturated heterocycles. The number of benzene rings is 1. The van der Waals surface area contributed by atoms with E-state index < -0.39 is 5.97 Å². The molecule has 0 bridgehead atoms. The van der Waals surface area contributed by atoms with Gasteiger partial charge in [0, 0.05) is 24.0 Å². The summed E-state index contributed by atoms with van der Waals surface area (Å²) in [5, 5.41) is 9.05. The van der Waals surface area contributed by atoms with Crippen LogP contribution in [-0.2, 0) is 17.6 Å². The van der Waals surface area contributed by atoms with Crippen LogP contribution in [-0.4, -0.2) is 21.0 Å². The van der Waals surface area contributed by atoms with E-state index in [2.05, 4.69) is 29.9 Å². The monoisotopic (exact) mass is 478 g/mol. The van der Waals surface area contributed by atoms with Gasteiger partial charge in [0.2, 0.25) is 0 Å². The third kappa shape index (κ3) is 12.2. The molecule has 0 amide bonds. The highest BCUT2D eigenvalue weighted by Crippen LogP contribution is 2.23. The van der Waals surface area contributed by atoms with Crippen LogP contribution in [0, 0.1) is 0 Å². The first-order valence-corrected chi connectivity index (χ1v) is 14.0. The van der Waals surface area contributed by atoms with Crippen molar-refractivity contribution in [1.29, 1.82) is 0 Å². The number of nitrogens with zero attached hydrogens (tertiary/aromatic N) is 2. The molecule has 0 atom stereocenters. The normalized spacial score (nSPS) is 11.4. The first kappa shape index (κ1) is 28.7. The first-order chi connectivity index (χ1) is 17.1. The Bertz CT molecular complexity index is 874. The van der Waals surface area contributed by atoms with Gasteiger partial charge in [-0.05, 0) is 54.5 Å². The Hall–Kier alpha value is -2.49. The summed E-state index contributed by atoms with van der Waals surface area (Å²) in [7, 11) is 0. The molecule has 0 radical (unpaired) electrons. The molecule has 4 nitrogen and oxygen atoms in total. The van der Waals surface area contributed by atoms with E-state index in [1.54, 1.807) is 6.08 Å². The first-order valence-electron chi connectivity index (χ1n) is 14.0. The minimum absolute atomic E-state index is 0.739. The lowest BCUT2D eigenvalue weighted by Gasteiger charge is -2.10. The number of aromatic nitrogens is 2. The van der Waals surface area contributed by atoms with Crippen LogP contribution < -0.4 is 0 Å². The van der Waals surface area contributed by atoms with Crippen molar-refractivity contribution in [3.05, 3.63) is 53.4 Å². The second-order valence-corrected chi connectivity index (χ2v) is 9.74. The lowest BCUT2D eigenvalue weighted by Crippen LogP contribution is -1.97. The van der Waals surface area contributed by atoms with Crippen molar-refractivity contribution in [3.63, 3.8) is 0 Å². The van der Waals surface area contributed by atoms with Crippen LogP contribution in [0.15, 0.2) is 36.7 Å². The van der Waals surface area contributed by atoms with Gasteiger partial charge in [-0.2, -0.15) is 0 Å². The molecule has 0 aliphatic rings. The summed E-state index contributed by atoms with van der Waals surface area (Å²) in [4.78, 5) is 20.3. The molecule has 35 heavy (non-hydrogen) atoms. The summed E-state index contributed by atoms with van der Waals surface area (Å²) < 4.78 is 0. The van der Waals surface area contributed by atoms with E-state index in [0.717, 1.165) is 36.2 Å². The van der Waals surface area contributed by atoms with E-state index in [1.807, 2.05) is 24.5 Å². The standard InChI is InChI=1S/C31H46N2O2/c1-3-5-7-9-11-12-13-15-17-26-24-32-31(33-25-26)29-20-19-27(21-22-30(34)35)28(23-29)18-16-14-10-8-6-4-2/h19-25H,3-18H2,1-2H3,(H,34,35). The van der Waals surface area contributed by atoms with Crippen LogP contribution in [0.25, 0.3) is 17.5 Å². The maximum absolute atomic E-state index is 11.0. The SMILES string of the molecule is CCCCCCCCCCc1cnc(-c2ccc(C=CC(=O)O)c(CCCCCCCC)c2)nc1. The lowest BCUT2D eigenvalue weighted by molar-refractivity contribution is -0.131. The fourth-order valence-electron chi connectivity index (χ4n) is 4.48. The highest BCUT2D eigenvalue weighted by molar-refractivity contribution is 5.85. The average Bonchev–Trinajstić information content (AvgIpc) is 2.87. The van der Waals surface area contributed by atoms with E-state index in [0.29, 0.717) is 0 Å². The third-order valence-electron chi connectivity index (χ3n) is 6.63. The Morgan fingerprint density at radius 3 is 1.89 bits per heavy atom. The summed E-state index contributed by atoms with van der Waals surface area (Å²) in [5.41, 5.74) is 4.34. The molecule has 0 saturated carbocycles. The van der Waals surface area contributed by atoms with Crippen LogP contribution >= 0.6 is 0 Å². The smallest absolute Gasteiger partial charge is 0.328 e. The zero-order chi connectivity index (χ0) is 25.1. The van der Waals surface area contributed by atoms with Gasteiger partial charge >= 0.3 is 5.97 Å². The lowest BCUT2D eigenvalue weighted by atomic mass is 9.97. The number of aryl methyl sites for hydroxylation is 2. The Labute approximate surface area is 213 Å². The van der Waals surface area contributed by atoms with E-state index in [1.165, 1.54) is 101 Å².